The van der Waals surface area contributed by atoms with Crippen molar-refractivity contribution in [3.8, 4) is 0 Å². The van der Waals surface area contributed by atoms with E-state index in [0.29, 0.717) is 37.4 Å². The second kappa shape index (κ2) is 7.01. The van der Waals surface area contributed by atoms with Gasteiger partial charge in [-0.1, -0.05) is 26.0 Å². The second-order valence-corrected chi connectivity index (χ2v) is 8.62. The molecule has 0 radical (unpaired) electrons. The van der Waals surface area contributed by atoms with E-state index in [2.05, 4.69) is 13.8 Å². The number of rotatable bonds is 4. The molecular formula is C17H26N2O3S. The number of carbonyl (C=O) groups is 1. The maximum atomic E-state index is 12.5. The fourth-order valence-corrected chi connectivity index (χ4v) is 3.65. The van der Waals surface area contributed by atoms with Gasteiger partial charge in [-0.15, -0.1) is 0 Å². The molecule has 2 rings (SSSR count). The number of sulfonamides is 1. The van der Waals surface area contributed by atoms with Crippen molar-refractivity contribution in [1.29, 1.82) is 0 Å². The van der Waals surface area contributed by atoms with E-state index < -0.39 is 10.0 Å². The Bertz CT molecular complexity index is 645. The van der Waals surface area contributed by atoms with Crippen LogP contribution in [0.3, 0.4) is 0 Å². The van der Waals surface area contributed by atoms with Crippen molar-refractivity contribution in [1.82, 2.24) is 9.21 Å². The van der Waals surface area contributed by atoms with Crippen molar-refractivity contribution in [2.24, 2.45) is 0 Å². The van der Waals surface area contributed by atoms with Crippen LogP contribution in [0.4, 0.5) is 0 Å². The normalized spacial score (nSPS) is 17.0. The molecule has 1 heterocycles. The first-order chi connectivity index (χ1) is 10.7. The molecule has 1 amide bonds. The molecule has 1 aromatic carbocycles. The number of benzene rings is 1. The molecule has 1 aromatic rings. The van der Waals surface area contributed by atoms with E-state index in [9.17, 15) is 13.2 Å². The van der Waals surface area contributed by atoms with Gasteiger partial charge in [-0.05, 0) is 36.5 Å². The van der Waals surface area contributed by atoms with Crippen molar-refractivity contribution in [2.45, 2.75) is 38.6 Å². The molecule has 128 valence electrons. The fourth-order valence-electron chi connectivity index (χ4n) is 2.90. The third kappa shape index (κ3) is 4.32. The molecule has 23 heavy (non-hydrogen) atoms. The van der Waals surface area contributed by atoms with Gasteiger partial charge in [0.15, 0.2) is 0 Å². The first-order valence-electron chi connectivity index (χ1n) is 8.02. The number of amides is 1. The summed E-state index contributed by atoms with van der Waals surface area (Å²) in [7, 11) is -1.56. The lowest BCUT2D eigenvalue weighted by Crippen LogP contribution is -2.47. The van der Waals surface area contributed by atoms with Crippen molar-refractivity contribution >= 4 is 15.9 Å². The minimum absolute atomic E-state index is 0.0163. The molecule has 5 nitrogen and oxygen atoms in total. The highest BCUT2D eigenvalue weighted by Gasteiger charge is 2.29. The summed E-state index contributed by atoms with van der Waals surface area (Å²) in [5.74, 6) is 0.474. The maximum absolute atomic E-state index is 12.5. The van der Waals surface area contributed by atoms with Gasteiger partial charge in [0.2, 0.25) is 10.0 Å². The van der Waals surface area contributed by atoms with Gasteiger partial charge in [-0.2, -0.15) is 0 Å². The number of carbonyl (C=O) groups excluding carboxylic acids is 1. The fraction of sp³-hybridized carbons (Fsp3) is 0.588. The number of hydrogen-bond donors (Lipinski definition) is 0. The van der Waals surface area contributed by atoms with E-state index in [1.165, 1.54) is 16.1 Å². The summed E-state index contributed by atoms with van der Waals surface area (Å²) in [6.45, 7) is 5.43. The molecule has 1 aliphatic rings. The standard InChI is InChI=1S/C17H26N2O3S/c1-13(2)14-5-7-15(8-6-14)17(20)19-11-9-16(10-12-19)18(3)23(4,21)22/h5-8,13,16H,9-12H2,1-4H3. The lowest BCUT2D eigenvalue weighted by molar-refractivity contribution is 0.0686. The van der Waals surface area contributed by atoms with Gasteiger partial charge in [-0.25, -0.2) is 12.7 Å². The first-order valence-corrected chi connectivity index (χ1v) is 9.87. The Morgan fingerprint density at radius 3 is 2.13 bits per heavy atom. The Hall–Kier alpha value is -1.40. The second-order valence-electron chi connectivity index (χ2n) is 6.58. The van der Waals surface area contributed by atoms with E-state index >= 15 is 0 Å². The van der Waals surface area contributed by atoms with Crippen molar-refractivity contribution in [2.75, 3.05) is 26.4 Å². The molecule has 0 atom stereocenters. The van der Waals surface area contributed by atoms with Crippen LogP contribution in [0.1, 0.15) is 48.5 Å². The average Bonchev–Trinajstić information content (AvgIpc) is 2.53. The summed E-state index contributed by atoms with van der Waals surface area (Å²) in [5.41, 5.74) is 1.92. The largest absolute Gasteiger partial charge is 0.339 e. The number of nitrogens with zero attached hydrogens (tertiary/aromatic N) is 2. The Morgan fingerprint density at radius 1 is 1.17 bits per heavy atom. The zero-order valence-corrected chi connectivity index (χ0v) is 15.1. The van der Waals surface area contributed by atoms with E-state index in [1.807, 2.05) is 29.2 Å². The number of hydrogen-bond acceptors (Lipinski definition) is 3. The van der Waals surface area contributed by atoms with Crippen LogP contribution in [0.2, 0.25) is 0 Å². The lowest BCUT2D eigenvalue weighted by Gasteiger charge is -2.35. The van der Waals surface area contributed by atoms with Gasteiger partial charge in [-0.3, -0.25) is 4.79 Å². The third-order valence-corrected chi connectivity index (χ3v) is 5.96. The zero-order valence-electron chi connectivity index (χ0n) is 14.3. The van der Waals surface area contributed by atoms with Crippen LogP contribution < -0.4 is 0 Å². The predicted molar refractivity (Wildman–Crippen MR) is 92.1 cm³/mol. The van der Waals surface area contributed by atoms with Gasteiger partial charge in [0.25, 0.3) is 5.91 Å². The van der Waals surface area contributed by atoms with Crippen LogP contribution in [-0.4, -0.2) is 56.0 Å². The molecule has 0 aromatic heterocycles. The van der Waals surface area contributed by atoms with Gasteiger partial charge >= 0.3 is 0 Å². The summed E-state index contributed by atoms with van der Waals surface area (Å²) in [5, 5.41) is 0. The topological polar surface area (TPSA) is 57.7 Å². The van der Waals surface area contributed by atoms with Gasteiger partial charge < -0.3 is 4.90 Å². The minimum Gasteiger partial charge on any atom is -0.339 e. The molecule has 1 saturated heterocycles. The van der Waals surface area contributed by atoms with Gasteiger partial charge in [0, 0.05) is 31.7 Å². The smallest absolute Gasteiger partial charge is 0.253 e. The van der Waals surface area contributed by atoms with E-state index in [-0.39, 0.29) is 11.9 Å². The predicted octanol–water partition coefficient (Wildman–Crippen LogP) is 2.31. The lowest BCUT2D eigenvalue weighted by atomic mass is 10.0. The summed E-state index contributed by atoms with van der Waals surface area (Å²) in [4.78, 5) is 14.4. The molecule has 0 N–H and O–H groups in total. The van der Waals surface area contributed by atoms with Crippen molar-refractivity contribution < 1.29 is 13.2 Å². The molecule has 1 fully saturated rings. The Labute approximate surface area is 139 Å². The summed E-state index contributed by atoms with van der Waals surface area (Å²) < 4.78 is 24.6. The van der Waals surface area contributed by atoms with Gasteiger partial charge in [0.1, 0.15) is 0 Å². The molecule has 0 bridgehead atoms. The van der Waals surface area contributed by atoms with Crippen LogP contribution in [0.5, 0.6) is 0 Å². The van der Waals surface area contributed by atoms with Crippen LogP contribution >= 0.6 is 0 Å². The van der Waals surface area contributed by atoms with E-state index in [1.54, 1.807) is 7.05 Å². The molecule has 1 aliphatic heterocycles. The SMILES string of the molecule is CC(C)c1ccc(C(=O)N2CCC(N(C)S(C)(=O)=O)CC2)cc1. The molecule has 0 unspecified atom stereocenters. The Kier molecular flexibility index (Phi) is 5.47. The van der Waals surface area contributed by atoms with Crippen LogP contribution in [0, 0.1) is 0 Å². The van der Waals surface area contributed by atoms with Crippen molar-refractivity contribution in [3.05, 3.63) is 35.4 Å². The maximum Gasteiger partial charge on any atom is 0.253 e. The van der Waals surface area contributed by atoms with Crippen LogP contribution in [0.25, 0.3) is 0 Å². The van der Waals surface area contributed by atoms with Gasteiger partial charge in [0.05, 0.1) is 6.26 Å². The Morgan fingerprint density at radius 2 is 1.70 bits per heavy atom. The molecule has 0 spiro atoms. The minimum atomic E-state index is -3.18. The Balaban J connectivity index is 1.98. The quantitative estimate of drug-likeness (QED) is 0.846. The number of piperidine rings is 1. The molecule has 6 heteroatoms. The highest BCUT2D eigenvalue weighted by Crippen LogP contribution is 2.20. The highest BCUT2D eigenvalue weighted by atomic mass is 32.2. The summed E-state index contributed by atoms with van der Waals surface area (Å²) >= 11 is 0. The highest BCUT2D eigenvalue weighted by molar-refractivity contribution is 7.88. The summed E-state index contributed by atoms with van der Waals surface area (Å²) in [6, 6.07) is 7.75. The molecule has 0 aliphatic carbocycles. The number of likely N-dealkylation sites (tertiary alicyclic amines) is 1. The molecule has 0 saturated carbocycles. The van der Waals surface area contributed by atoms with Crippen LogP contribution in [0.15, 0.2) is 24.3 Å². The van der Waals surface area contributed by atoms with E-state index in [0.717, 1.165) is 0 Å². The zero-order chi connectivity index (χ0) is 17.2. The van der Waals surface area contributed by atoms with Crippen molar-refractivity contribution in [3.63, 3.8) is 0 Å². The average molecular weight is 338 g/mol. The third-order valence-electron chi connectivity index (χ3n) is 4.61. The van der Waals surface area contributed by atoms with E-state index in [4.69, 9.17) is 0 Å². The molecular weight excluding hydrogens is 312 g/mol. The summed E-state index contributed by atoms with van der Waals surface area (Å²) in [6.07, 6.45) is 2.58. The monoisotopic (exact) mass is 338 g/mol. The first kappa shape index (κ1) is 17.9. The van der Waals surface area contributed by atoms with Crippen LogP contribution in [-0.2, 0) is 10.0 Å².